The third-order valence-electron chi connectivity index (χ3n) is 3.75. The largest absolute Gasteiger partial charge is 0.368 e. The molecule has 0 atom stereocenters. The van der Waals surface area contributed by atoms with Crippen molar-refractivity contribution in [2.75, 3.05) is 11.1 Å². The molecule has 134 valence electrons. The van der Waals surface area contributed by atoms with Crippen LogP contribution in [0, 0.1) is 6.92 Å². The van der Waals surface area contributed by atoms with Crippen molar-refractivity contribution in [1.29, 1.82) is 0 Å². The molecule has 8 heteroatoms. The van der Waals surface area contributed by atoms with E-state index in [-0.39, 0.29) is 5.95 Å². The molecule has 3 N–H and O–H groups in total. The summed E-state index contributed by atoms with van der Waals surface area (Å²) in [6.07, 6.45) is 0. The van der Waals surface area contributed by atoms with Crippen LogP contribution in [-0.4, -0.2) is 24.9 Å². The van der Waals surface area contributed by atoms with Crippen molar-refractivity contribution in [2.24, 2.45) is 0 Å². The molecule has 2 aromatic heterocycles. The van der Waals surface area contributed by atoms with E-state index in [9.17, 15) is 0 Å². The summed E-state index contributed by atoms with van der Waals surface area (Å²) in [5.74, 6) is 2.45. The van der Waals surface area contributed by atoms with Crippen LogP contribution in [0.2, 0.25) is 0 Å². The average Bonchev–Trinajstić information content (AvgIpc) is 2.66. The lowest BCUT2D eigenvalue weighted by Crippen LogP contribution is -2.06. The smallest absolute Gasteiger partial charge is 0.232 e. The Morgan fingerprint density at radius 2 is 1.67 bits per heavy atom. The van der Waals surface area contributed by atoms with Gasteiger partial charge in [0.1, 0.15) is 16.7 Å². The highest BCUT2D eigenvalue weighted by molar-refractivity contribution is 7.98. The highest BCUT2D eigenvalue weighted by Crippen LogP contribution is 2.27. The number of anilines is 3. The molecule has 0 aliphatic rings. The van der Waals surface area contributed by atoms with E-state index in [0.29, 0.717) is 17.5 Å². The van der Waals surface area contributed by atoms with Crippen molar-refractivity contribution >= 4 is 40.2 Å². The predicted molar refractivity (Wildman–Crippen MR) is 108 cm³/mol. The summed E-state index contributed by atoms with van der Waals surface area (Å²) in [7, 11) is 0. The van der Waals surface area contributed by atoms with Gasteiger partial charge in [-0.25, -0.2) is 9.97 Å². The summed E-state index contributed by atoms with van der Waals surface area (Å²) < 4.78 is 0. The first kappa shape index (κ1) is 17.2. The second-order valence-electron chi connectivity index (χ2n) is 5.81. The standard InChI is InChI=1S/C19H17N7S/c1-12-21-15-10-6-5-9-14(15)17(22-12)27-11-16-24-18(20)26-19(25-16)23-13-7-3-2-4-8-13/h2-10H,11H2,1H3,(H3,20,23,24,25,26). The van der Waals surface area contributed by atoms with Crippen LogP contribution in [0.1, 0.15) is 11.6 Å². The molecule has 0 aliphatic carbocycles. The van der Waals surface area contributed by atoms with E-state index in [1.54, 1.807) is 11.8 Å². The molecule has 0 unspecified atom stereocenters. The Morgan fingerprint density at radius 3 is 2.52 bits per heavy atom. The number of nitrogens with zero attached hydrogens (tertiary/aromatic N) is 5. The second kappa shape index (κ2) is 7.55. The first-order valence-electron chi connectivity index (χ1n) is 8.36. The molecule has 4 rings (SSSR count). The van der Waals surface area contributed by atoms with E-state index in [1.165, 1.54) is 0 Å². The second-order valence-corrected chi connectivity index (χ2v) is 6.77. The highest BCUT2D eigenvalue weighted by Gasteiger charge is 2.10. The number of hydrogen-bond donors (Lipinski definition) is 2. The summed E-state index contributed by atoms with van der Waals surface area (Å²) >= 11 is 1.55. The zero-order valence-electron chi connectivity index (χ0n) is 14.6. The van der Waals surface area contributed by atoms with Gasteiger partial charge < -0.3 is 11.1 Å². The first-order chi connectivity index (χ1) is 13.2. The van der Waals surface area contributed by atoms with Crippen molar-refractivity contribution in [3.05, 3.63) is 66.2 Å². The summed E-state index contributed by atoms with van der Waals surface area (Å²) in [5.41, 5.74) is 7.67. The number of fused-ring (bicyclic) bond motifs is 1. The quantitative estimate of drug-likeness (QED) is 0.402. The molecule has 0 saturated heterocycles. The van der Waals surface area contributed by atoms with E-state index in [1.807, 2.05) is 61.5 Å². The fourth-order valence-corrected chi connectivity index (χ4v) is 3.53. The number of aryl methyl sites for hydroxylation is 1. The van der Waals surface area contributed by atoms with Crippen LogP contribution in [0.4, 0.5) is 17.6 Å². The minimum atomic E-state index is 0.183. The van der Waals surface area contributed by atoms with Crippen LogP contribution in [0.25, 0.3) is 10.9 Å². The molecule has 7 nitrogen and oxygen atoms in total. The number of thioether (sulfide) groups is 1. The number of rotatable bonds is 5. The minimum absolute atomic E-state index is 0.183. The molecular formula is C19H17N7S. The molecule has 0 fully saturated rings. The normalized spacial score (nSPS) is 10.9. The number of hydrogen-bond acceptors (Lipinski definition) is 8. The lowest BCUT2D eigenvalue weighted by Gasteiger charge is -2.08. The summed E-state index contributed by atoms with van der Waals surface area (Å²) in [6.45, 7) is 1.89. The average molecular weight is 375 g/mol. The van der Waals surface area contributed by atoms with Gasteiger partial charge in [0.15, 0.2) is 0 Å². The number of aromatic nitrogens is 5. The summed E-state index contributed by atoms with van der Waals surface area (Å²) in [6, 6.07) is 17.6. The minimum Gasteiger partial charge on any atom is -0.368 e. The van der Waals surface area contributed by atoms with Gasteiger partial charge in [-0.05, 0) is 25.1 Å². The molecule has 2 heterocycles. The number of nitrogens with one attached hydrogen (secondary N) is 1. The van der Waals surface area contributed by atoms with E-state index in [4.69, 9.17) is 5.73 Å². The molecule has 0 amide bonds. The molecule has 27 heavy (non-hydrogen) atoms. The topological polar surface area (TPSA) is 102 Å². The Hall–Kier alpha value is -3.26. The van der Waals surface area contributed by atoms with Gasteiger partial charge in [-0.1, -0.05) is 48.2 Å². The SMILES string of the molecule is Cc1nc(SCc2nc(N)nc(Nc3ccccc3)n2)c2ccccc2n1. The Kier molecular flexibility index (Phi) is 4.80. The molecule has 0 radical (unpaired) electrons. The van der Waals surface area contributed by atoms with Gasteiger partial charge in [-0.2, -0.15) is 15.0 Å². The maximum absolute atomic E-state index is 5.86. The third-order valence-corrected chi connectivity index (χ3v) is 4.73. The maximum Gasteiger partial charge on any atom is 0.232 e. The lowest BCUT2D eigenvalue weighted by molar-refractivity contribution is 0.974. The molecule has 0 spiro atoms. The van der Waals surface area contributed by atoms with Crippen molar-refractivity contribution in [2.45, 2.75) is 17.7 Å². The Morgan fingerprint density at radius 1 is 0.889 bits per heavy atom. The van der Waals surface area contributed by atoms with Gasteiger partial charge >= 0.3 is 0 Å². The van der Waals surface area contributed by atoms with Crippen molar-refractivity contribution in [3.63, 3.8) is 0 Å². The van der Waals surface area contributed by atoms with Crippen LogP contribution >= 0.6 is 11.8 Å². The Labute approximate surface area is 160 Å². The van der Waals surface area contributed by atoms with E-state index in [2.05, 4.69) is 30.2 Å². The van der Waals surface area contributed by atoms with Crippen molar-refractivity contribution in [3.8, 4) is 0 Å². The highest BCUT2D eigenvalue weighted by atomic mass is 32.2. The van der Waals surface area contributed by atoms with E-state index >= 15 is 0 Å². The molecular weight excluding hydrogens is 358 g/mol. The molecule has 0 bridgehead atoms. The zero-order chi connectivity index (χ0) is 18.6. The van der Waals surface area contributed by atoms with Crippen molar-refractivity contribution < 1.29 is 0 Å². The molecule has 4 aromatic rings. The van der Waals surface area contributed by atoms with Crippen LogP contribution in [0.5, 0.6) is 0 Å². The van der Waals surface area contributed by atoms with Crippen LogP contribution in [-0.2, 0) is 5.75 Å². The van der Waals surface area contributed by atoms with Gasteiger partial charge in [-0.15, -0.1) is 0 Å². The third kappa shape index (κ3) is 4.12. The number of nitrogen functional groups attached to an aromatic ring is 1. The van der Waals surface area contributed by atoms with E-state index < -0.39 is 0 Å². The number of para-hydroxylation sites is 2. The monoisotopic (exact) mass is 375 g/mol. The Bertz CT molecular complexity index is 1090. The van der Waals surface area contributed by atoms with Gasteiger partial charge in [-0.3, -0.25) is 0 Å². The van der Waals surface area contributed by atoms with Gasteiger partial charge in [0.05, 0.1) is 11.3 Å². The fraction of sp³-hybridized carbons (Fsp3) is 0.105. The summed E-state index contributed by atoms with van der Waals surface area (Å²) in [4.78, 5) is 21.9. The van der Waals surface area contributed by atoms with Crippen LogP contribution in [0.3, 0.4) is 0 Å². The van der Waals surface area contributed by atoms with Crippen molar-refractivity contribution in [1.82, 2.24) is 24.9 Å². The molecule has 2 aromatic carbocycles. The van der Waals surface area contributed by atoms with Gasteiger partial charge in [0.2, 0.25) is 11.9 Å². The van der Waals surface area contributed by atoms with Crippen LogP contribution in [0.15, 0.2) is 59.6 Å². The molecule has 0 aliphatic heterocycles. The number of benzene rings is 2. The predicted octanol–water partition coefficient (Wildman–Crippen LogP) is 3.74. The molecule has 0 saturated carbocycles. The van der Waals surface area contributed by atoms with Gasteiger partial charge in [0.25, 0.3) is 0 Å². The summed E-state index contributed by atoms with van der Waals surface area (Å²) in [5, 5.41) is 5.05. The zero-order valence-corrected chi connectivity index (χ0v) is 15.4. The fourth-order valence-electron chi connectivity index (χ4n) is 2.61. The Balaban J connectivity index is 1.57. The number of nitrogens with two attached hydrogens (primary N) is 1. The maximum atomic E-state index is 5.86. The lowest BCUT2D eigenvalue weighted by atomic mass is 10.2. The van der Waals surface area contributed by atoms with Crippen LogP contribution < -0.4 is 11.1 Å². The van der Waals surface area contributed by atoms with E-state index in [0.717, 1.165) is 27.4 Å². The van der Waals surface area contributed by atoms with Gasteiger partial charge in [0, 0.05) is 11.1 Å². The first-order valence-corrected chi connectivity index (χ1v) is 9.34.